The van der Waals surface area contributed by atoms with Crippen LogP contribution in [-0.4, -0.2) is 29.6 Å². The first-order chi connectivity index (χ1) is 8.47. The molecule has 5 nitrogen and oxygen atoms in total. The normalized spacial score (nSPS) is 11.7. The maximum atomic E-state index is 11.5. The van der Waals surface area contributed by atoms with Gasteiger partial charge in [0, 0.05) is 19.2 Å². The van der Waals surface area contributed by atoms with Gasteiger partial charge >= 0.3 is 0 Å². The molecule has 1 aromatic carbocycles. The Hall–Kier alpha value is -1.88. The van der Waals surface area contributed by atoms with Crippen LogP contribution in [0.15, 0.2) is 24.3 Å². The van der Waals surface area contributed by atoms with Crippen LogP contribution < -0.4 is 10.6 Å². The number of anilines is 1. The summed E-state index contributed by atoms with van der Waals surface area (Å²) < 4.78 is 0. The Morgan fingerprint density at radius 2 is 1.89 bits per heavy atom. The zero-order valence-corrected chi connectivity index (χ0v) is 10.6. The fraction of sp³-hybridized carbons (Fsp3) is 0.385. The van der Waals surface area contributed by atoms with Gasteiger partial charge in [0.2, 0.25) is 11.8 Å². The van der Waals surface area contributed by atoms with Crippen LogP contribution in [0.2, 0.25) is 0 Å². The molecule has 1 rings (SSSR count). The molecule has 0 fully saturated rings. The van der Waals surface area contributed by atoms with Crippen molar-refractivity contribution in [1.82, 2.24) is 5.32 Å². The van der Waals surface area contributed by atoms with Gasteiger partial charge in [0.15, 0.2) is 0 Å². The average molecular weight is 250 g/mol. The predicted octanol–water partition coefficient (Wildman–Crippen LogP) is 0.684. The van der Waals surface area contributed by atoms with Gasteiger partial charge in [0.1, 0.15) is 0 Å². The second kappa shape index (κ2) is 6.76. The molecule has 0 heterocycles. The number of carbonyl (C=O) groups is 2. The minimum absolute atomic E-state index is 0.127. The van der Waals surface area contributed by atoms with Gasteiger partial charge in [-0.3, -0.25) is 9.59 Å². The minimum atomic E-state index is -0.545. The molecule has 0 radical (unpaired) electrons. The van der Waals surface area contributed by atoms with Crippen molar-refractivity contribution in [2.45, 2.75) is 26.4 Å². The summed E-state index contributed by atoms with van der Waals surface area (Å²) in [5.41, 5.74) is 1.56. The topological polar surface area (TPSA) is 78.4 Å². The third-order valence-electron chi connectivity index (χ3n) is 2.23. The van der Waals surface area contributed by atoms with E-state index in [-0.39, 0.29) is 24.8 Å². The molecule has 0 saturated carbocycles. The van der Waals surface area contributed by atoms with Crippen molar-refractivity contribution < 1.29 is 14.7 Å². The molecule has 0 aliphatic carbocycles. The maximum absolute atomic E-state index is 11.5. The molecule has 5 heteroatoms. The van der Waals surface area contributed by atoms with Crippen LogP contribution in [0, 0.1) is 0 Å². The van der Waals surface area contributed by atoms with Crippen LogP contribution in [0.4, 0.5) is 5.69 Å². The summed E-state index contributed by atoms with van der Waals surface area (Å²) >= 11 is 0. The van der Waals surface area contributed by atoms with E-state index in [1.165, 1.54) is 6.92 Å². The lowest BCUT2D eigenvalue weighted by Crippen LogP contribution is -2.31. The number of hydrogen-bond acceptors (Lipinski definition) is 3. The smallest absolute Gasteiger partial charge is 0.224 e. The summed E-state index contributed by atoms with van der Waals surface area (Å²) in [6, 6.07) is 7.07. The third-order valence-corrected chi connectivity index (χ3v) is 2.23. The second-order valence-electron chi connectivity index (χ2n) is 4.21. The number of amides is 2. The number of aliphatic hydroxyl groups excluding tert-OH is 1. The van der Waals surface area contributed by atoms with Gasteiger partial charge in [-0.05, 0) is 24.6 Å². The Morgan fingerprint density at radius 1 is 1.28 bits per heavy atom. The van der Waals surface area contributed by atoms with Gasteiger partial charge in [0.05, 0.1) is 12.5 Å². The predicted molar refractivity (Wildman–Crippen MR) is 69.1 cm³/mol. The zero-order valence-electron chi connectivity index (χ0n) is 10.6. The lowest BCUT2D eigenvalue weighted by molar-refractivity contribution is -0.120. The van der Waals surface area contributed by atoms with Crippen molar-refractivity contribution >= 4 is 17.5 Å². The number of rotatable bonds is 5. The highest BCUT2D eigenvalue weighted by atomic mass is 16.3. The highest BCUT2D eigenvalue weighted by Gasteiger charge is 2.04. The third kappa shape index (κ3) is 5.45. The van der Waals surface area contributed by atoms with Crippen LogP contribution in [0.5, 0.6) is 0 Å². The van der Waals surface area contributed by atoms with Gasteiger partial charge in [-0.25, -0.2) is 0 Å². The summed E-state index contributed by atoms with van der Waals surface area (Å²) in [5, 5.41) is 14.3. The van der Waals surface area contributed by atoms with Crippen LogP contribution in [-0.2, 0) is 16.0 Å². The number of nitrogens with one attached hydrogen (secondary N) is 2. The molecule has 0 bridgehead atoms. The van der Waals surface area contributed by atoms with Gasteiger partial charge in [0.25, 0.3) is 0 Å². The Morgan fingerprint density at radius 3 is 2.39 bits per heavy atom. The molecule has 1 atom stereocenters. The highest BCUT2D eigenvalue weighted by Crippen LogP contribution is 2.09. The lowest BCUT2D eigenvalue weighted by Gasteiger charge is -2.07. The second-order valence-corrected chi connectivity index (χ2v) is 4.21. The molecule has 0 saturated heterocycles. The van der Waals surface area contributed by atoms with E-state index in [2.05, 4.69) is 10.6 Å². The van der Waals surface area contributed by atoms with E-state index in [0.717, 1.165) is 5.56 Å². The lowest BCUT2D eigenvalue weighted by atomic mass is 10.1. The first-order valence-electron chi connectivity index (χ1n) is 5.78. The highest BCUT2D eigenvalue weighted by molar-refractivity contribution is 5.88. The largest absolute Gasteiger partial charge is 0.392 e. The Labute approximate surface area is 106 Å². The molecule has 0 aliphatic rings. The summed E-state index contributed by atoms with van der Waals surface area (Å²) in [7, 11) is 0. The van der Waals surface area contributed by atoms with Gasteiger partial charge in [-0.15, -0.1) is 0 Å². The van der Waals surface area contributed by atoms with Gasteiger partial charge < -0.3 is 15.7 Å². The maximum Gasteiger partial charge on any atom is 0.224 e. The summed E-state index contributed by atoms with van der Waals surface area (Å²) in [5.74, 6) is -0.263. The molecule has 0 spiro atoms. The first kappa shape index (κ1) is 14.2. The Kier molecular flexibility index (Phi) is 5.32. The molecular weight excluding hydrogens is 232 g/mol. The molecule has 1 aromatic rings. The van der Waals surface area contributed by atoms with Crippen molar-refractivity contribution in [2.24, 2.45) is 0 Å². The minimum Gasteiger partial charge on any atom is -0.392 e. The van der Waals surface area contributed by atoms with Crippen molar-refractivity contribution in [3.05, 3.63) is 29.8 Å². The molecule has 0 unspecified atom stereocenters. The van der Waals surface area contributed by atoms with Crippen LogP contribution in [0.25, 0.3) is 0 Å². The van der Waals surface area contributed by atoms with Crippen LogP contribution >= 0.6 is 0 Å². The van der Waals surface area contributed by atoms with E-state index in [4.69, 9.17) is 5.11 Å². The fourth-order valence-electron chi connectivity index (χ4n) is 1.42. The van der Waals surface area contributed by atoms with Crippen LogP contribution in [0.1, 0.15) is 19.4 Å². The van der Waals surface area contributed by atoms with Crippen molar-refractivity contribution in [3.8, 4) is 0 Å². The molecule has 0 aliphatic heterocycles. The number of hydrogen-bond donors (Lipinski definition) is 3. The van der Waals surface area contributed by atoms with Gasteiger partial charge in [-0.2, -0.15) is 0 Å². The Balaban J connectivity index is 2.48. The number of aliphatic hydroxyl groups is 1. The fourth-order valence-corrected chi connectivity index (χ4v) is 1.42. The summed E-state index contributed by atoms with van der Waals surface area (Å²) in [6.07, 6.45) is -0.288. The Bertz CT molecular complexity index is 413. The molecule has 98 valence electrons. The van der Waals surface area contributed by atoms with E-state index in [1.54, 1.807) is 31.2 Å². The SMILES string of the molecule is CC(=O)Nc1ccc(CC(=O)NC[C@H](C)O)cc1. The number of benzene rings is 1. The monoisotopic (exact) mass is 250 g/mol. The average Bonchev–Trinajstić information content (AvgIpc) is 2.28. The van der Waals surface area contributed by atoms with E-state index in [0.29, 0.717) is 5.69 Å². The van der Waals surface area contributed by atoms with Crippen molar-refractivity contribution in [2.75, 3.05) is 11.9 Å². The van der Waals surface area contributed by atoms with E-state index in [1.807, 2.05) is 0 Å². The zero-order chi connectivity index (χ0) is 13.5. The summed E-state index contributed by atoms with van der Waals surface area (Å²) in [4.78, 5) is 22.3. The molecule has 18 heavy (non-hydrogen) atoms. The van der Waals surface area contributed by atoms with E-state index >= 15 is 0 Å². The van der Waals surface area contributed by atoms with Gasteiger partial charge in [-0.1, -0.05) is 12.1 Å². The number of carbonyl (C=O) groups excluding carboxylic acids is 2. The summed E-state index contributed by atoms with van der Waals surface area (Å²) in [6.45, 7) is 3.31. The van der Waals surface area contributed by atoms with Crippen LogP contribution in [0.3, 0.4) is 0 Å². The molecule has 2 amide bonds. The van der Waals surface area contributed by atoms with Crippen molar-refractivity contribution in [1.29, 1.82) is 0 Å². The molecular formula is C13H18N2O3. The quantitative estimate of drug-likeness (QED) is 0.719. The van der Waals surface area contributed by atoms with E-state index < -0.39 is 6.10 Å². The van der Waals surface area contributed by atoms with E-state index in [9.17, 15) is 9.59 Å². The first-order valence-corrected chi connectivity index (χ1v) is 5.78. The standard InChI is InChI=1S/C13H18N2O3/c1-9(16)8-14-13(18)7-11-3-5-12(6-4-11)15-10(2)17/h3-6,9,16H,7-8H2,1-2H3,(H,14,18)(H,15,17)/t9-/m0/s1. The van der Waals surface area contributed by atoms with Crippen molar-refractivity contribution in [3.63, 3.8) is 0 Å². The molecule has 0 aromatic heterocycles. The molecule has 3 N–H and O–H groups in total.